The van der Waals surface area contributed by atoms with Gasteiger partial charge in [0.1, 0.15) is 6.04 Å². The maximum atomic E-state index is 12.0. The maximum absolute atomic E-state index is 12.0. The van der Waals surface area contributed by atoms with E-state index in [1.807, 2.05) is 6.92 Å². The van der Waals surface area contributed by atoms with Gasteiger partial charge in [-0.05, 0) is 38.0 Å². The first-order valence-corrected chi connectivity index (χ1v) is 9.08. The number of nitrogens with one attached hydrogen (secondary N) is 1. The van der Waals surface area contributed by atoms with Gasteiger partial charge in [0.25, 0.3) is 0 Å². The van der Waals surface area contributed by atoms with E-state index in [9.17, 15) is 18.0 Å². The van der Waals surface area contributed by atoms with Gasteiger partial charge in [-0.25, -0.2) is 13.2 Å². The lowest BCUT2D eigenvalue weighted by molar-refractivity contribution is -0.141. The molecule has 0 aliphatic carbocycles. The van der Waals surface area contributed by atoms with E-state index >= 15 is 0 Å². The lowest BCUT2D eigenvalue weighted by Crippen LogP contribution is -2.41. The Hall–Kier alpha value is -1.89. The van der Waals surface area contributed by atoms with Gasteiger partial charge in [0.05, 0.1) is 16.6 Å². The van der Waals surface area contributed by atoms with Gasteiger partial charge in [-0.1, -0.05) is 25.5 Å². The third kappa shape index (κ3) is 5.35. The Kier molecular flexibility index (Phi) is 6.75. The van der Waals surface area contributed by atoms with Gasteiger partial charge >= 0.3 is 5.97 Å². The second-order valence-corrected chi connectivity index (χ2v) is 8.17. The van der Waals surface area contributed by atoms with Crippen LogP contribution in [0.4, 0.5) is 0 Å². The average Bonchev–Trinajstić information content (AvgIpc) is 2.47. The predicted molar refractivity (Wildman–Crippen MR) is 86.9 cm³/mol. The summed E-state index contributed by atoms with van der Waals surface area (Å²) in [5.74, 6) is -1.45. The van der Waals surface area contributed by atoms with E-state index in [1.54, 1.807) is 26.0 Å². The fraction of sp³-hybridized carbons (Fsp3) is 0.500. The number of rotatable bonds is 8. The van der Waals surface area contributed by atoms with E-state index in [-0.39, 0.29) is 11.3 Å². The molecular weight excluding hydrogens is 318 g/mol. The van der Waals surface area contributed by atoms with Gasteiger partial charge < -0.3 is 10.4 Å². The van der Waals surface area contributed by atoms with Crippen molar-refractivity contribution in [3.05, 3.63) is 29.8 Å². The standard InChI is InChI=1S/C16H23NO5S/c1-4-5-14(16(19)20)17-15(18)10-12-6-8-13(9-7-12)23(21,22)11(2)3/h6-9,11,14H,4-5,10H2,1-3H3,(H,17,18)(H,19,20). The highest BCUT2D eigenvalue weighted by molar-refractivity contribution is 7.92. The minimum absolute atomic E-state index is 0.00943. The summed E-state index contributed by atoms with van der Waals surface area (Å²) in [6.45, 7) is 5.06. The highest BCUT2D eigenvalue weighted by atomic mass is 32.2. The molecule has 1 unspecified atom stereocenters. The van der Waals surface area contributed by atoms with Crippen LogP contribution in [0, 0.1) is 0 Å². The van der Waals surface area contributed by atoms with Crippen LogP contribution in [0.5, 0.6) is 0 Å². The van der Waals surface area contributed by atoms with Crippen LogP contribution < -0.4 is 5.32 Å². The summed E-state index contributed by atoms with van der Waals surface area (Å²) >= 11 is 0. The molecule has 0 spiro atoms. The summed E-state index contributed by atoms with van der Waals surface area (Å²) in [5, 5.41) is 11.0. The Morgan fingerprint density at radius 3 is 2.17 bits per heavy atom. The zero-order valence-electron chi connectivity index (χ0n) is 13.6. The van der Waals surface area contributed by atoms with Crippen LogP contribution in [0.3, 0.4) is 0 Å². The number of carboxylic acid groups (broad SMARTS) is 1. The number of aliphatic carboxylic acids is 1. The number of benzene rings is 1. The van der Waals surface area contributed by atoms with Crippen molar-refractivity contribution >= 4 is 21.7 Å². The van der Waals surface area contributed by atoms with Crippen molar-refractivity contribution in [2.24, 2.45) is 0 Å². The van der Waals surface area contributed by atoms with E-state index in [0.29, 0.717) is 18.4 Å². The molecule has 1 amide bonds. The van der Waals surface area contributed by atoms with Gasteiger partial charge in [0.15, 0.2) is 9.84 Å². The van der Waals surface area contributed by atoms with E-state index < -0.39 is 33.0 Å². The van der Waals surface area contributed by atoms with Crippen molar-refractivity contribution in [2.75, 3.05) is 0 Å². The molecule has 0 heterocycles. The summed E-state index contributed by atoms with van der Waals surface area (Å²) in [5.41, 5.74) is 0.630. The van der Waals surface area contributed by atoms with E-state index in [4.69, 9.17) is 5.11 Å². The molecule has 0 saturated carbocycles. The molecule has 1 aromatic carbocycles. The molecular formula is C16H23NO5S. The van der Waals surface area contributed by atoms with Gasteiger partial charge in [-0.3, -0.25) is 4.79 Å². The molecule has 1 aromatic rings. The number of hydrogen-bond acceptors (Lipinski definition) is 4. The third-order valence-electron chi connectivity index (χ3n) is 3.45. The monoisotopic (exact) mass is 341 g/mol. The number of carbonyl (C=O) groups excluding carboxylic acids is 1. The van der Waals surface area contributed by atoms with Gasteiger partial charge in [0.2, 0.25) is 5.91 Å². The van der Waals surface area contributed by atoms with Crippen LogP contribution in [0.15, 0.2) is 29.2 Å². The summed E-state index contributed by atoms with van der Waals surface area (Å²) in [6, 6.07) is 5.19. The Morgan fingerprint density at radius 2 is 1.74 bits per heavy atom. The molecule has 0 aliphatic heterocycles. The summed E-state index contributed by atoms with van der Waals surface area (Å²) in [6.07, 6.45) is 1.03. The molecule has 0 aliphatic rings. The van der Waals surface area contributed by atoms with E-state index in [1.165, 1.54) is 12.1 Å². The highest BCUT2D eigenvalue weighted by Gasteiger charge is 2.20. The van der Waals surface area contributed by atoms with Crippen LogP contribution in [-0.4, -0.2) is 36.7 Å². The van der Waals surface area contributed by atoms with Crippen LogP contribution in [0.25, 0.3) is 0 Å². The minimum Gasteiger partial charge on any atom is -0.480 e. The number of sulfone groups is 1. The molecule has 1 rings (SSSR count). The fourth-order valence-electron chi connectivity index (χ4n) is 2.05. The maximum Gasteiger partial charge on any atom is 0.326 e. The molecule has 7 heteroatoms. The van der Waals surface area contributed by atoms with Crippen LogP contribution in [0.1, 0.15) is 39.2 Å². The molecule has 2 N–H and O–H groups in total. The Bertz CT molecular complexity index is 650. The van der Waals surface area contributed by atoms with Crippen LogP contribution in [-0.2, 0) is 25.8 Å². The van der Waals surface area contributed by atoms with Crippen molar-refractivity contribution in [1.82, 2.24) is 5.32 Å². The first-order valence-electron chi connectivity index (χ1n) is 7.53. The Labute approximate surface area is 136 Å². The largest absolute Gasteiger partial charge is 0.480 e. The molecule has 128 valence electrons. The van der Waals surface area contributed by atoms with Gasteiger partial charge in [-0.15, -0.1) is 0 Å². The lowest BCUT2D eigenvalue weighted by Gasteiger charge is -2.13. The van der Waals surface area contributed by atoms with E-state index in [2.05, 4.69) is 5.32 Å². The zero-order chi connectivity index (χ0) is 17.6. The van der Waals surface area contributed by atoms with Crippen LogP contribution >= 0.6 is 0 Å². The predicted octanol–water partition coefficient (Wildman–Crippen LogP) is 1.78. The number of carboxylic acids is 1. The average molecular weight is 341 g/mol. The number of hydrogen-bond donors (Lipinski definition) is 2. The topological polar surface area (TPSA) is 101 Å². The summed E-state index contributed by atoms with van der Waals surface area (Å²) in [7, 11) is -3.34. The number of amides is 1. The molecule has 0 radical (unpaired) electrons. The van der Waals surface area contributed by atoms with E-state index in [0.717, 1.165) is 0 Å². The number of carbonyl (C=O) groups is 2. The lowest BCUT2D eigenvalue weighted by atomic mass is 10.1. The van der Waals surface area contributed by atoms with Crippen molar-refractivity contribution in [3.63, 3.8) is 0 Å². The van der Waals surface area contributed by atoms with Crippen LogP contribution in [0.2, 0.25) is 0 Å². The molecule has 0 aromatic heterocycles. The first-order chi connectivity index (χ1) is 10.7. The van der Waals surface area contributed by atoms with Gasteiger partial charge in [0, 0.05) is 0 Å². The highest BCUT2D eigenvalue weighted by Crippen LogP contribution is 2.16. The SMILES string of the molecule is CCCC(NC(=O)Cc1ccc(S(=O)(=O)C(C)C)cc1)C(=O)O. The second kappa shape index (κ2) is 8.10. The summed E-state index contributed by atoms with van der Waals surface area (Å²) in [4.78, 5) is 23.1. The Morgan fingerprint density at radius 1 is 1.17 bits per heavy atom. The Balaban J connectivity index is 2.75. The zero-order valence-corrected chi connectivity index (χ0v) is 14.4. The molecule has 0 saturated heterocycles. The van der Waals surface area contributed by atoms with Crippen molar-refractivity contribution < 1.29 is 23.1 Å². The third-order valence-corrected chi connectivity index (χ3v) is 5.62. The molecule has 6 nitrogen and oxygen atoms in total. The molecule has 23 heavy (non-hydrogen) atoms. The first kappa shape index (κ1) is 19.2. The summed E-state index contributed by atoms with van der Waals surface area (Å²) < 4.78 is 24.0. The molecule has 0 fully saturated rings. The molecule has 0 bridgehead atoms. The smallest absolute Gasteiger partial charge is 0.326 e. The fourth-order valence-corrected chi connectivity index (χ4v) is 3.11. The normalized spacial score (nSPS) is 12.9. The van der Waals surface area contributed by atoms with Gasteiger partial charge in [-0.2, -0.15) is 0 Å². The minimum atomic E-state index is -3.34. The quantitative estimate of drug-likeness (QED) is 0.750. The van der Waals surface area contributed by atoms with Crippen molar-refractivity contribution in [3.8, 4) is 0 Å². The molecule has 1 atom stereocenters. The van der Waals surface area contributed by atoms with Crippen molar-refractivity contribution in [1.29, 1.82) is 0 Å². The second-order valence-electron chi connectivity index (χ2n) is 5.66. The van der Waals surface area contributed by atoms with Crippen molar-refractivity contribution in [2.45, 2.75) is 56.2 Å².